The number of para-hydroxylation sites is 1. The van der Waals surface area contributed by atoms with E-state index in [9.17, 15) is 5.11 Å². The number of rotatable bonds is 1. The van der Waals surface area contributed by atoms with Gasteiger partial charge in [-0.3, -0.25) is 0 Å². The number of phenols is 1. The third kappa shape index (κ3) is 2.34. The first kappa shape index (κ1) is 9.33. The van der Waals surface area contributed by atoms with Gasteiger partial charge >= 0.3 is 0 Å². The van der Waals surface area contributed by atoms with Gasteiger partial charge in [0.15, 0.2) is 0 Å². The van der Waals surface area contributed by atoms with Crippen molar-refractivity contribution in [2.45, 2.75) is 4.90 Å². The van der Waals surface area contributed by atoms with E-state index in [1.165, 1.54) is 6.07 Å². The van der Waals surface area contributed by atoms with E-state index >= 15 is 0 Å². The normalized spacial score (nSPS) is 13.0. The molecule has 0 atom stereocenters. The van der Waals surface area contributed by atoms with E-state index in [0.29, 0.717) is 4.90 Å². The average molecular weight is 232 g/mol. The first-order valence-electron chi connectivity index (χ1n) is 2.72. The molecule has 0 bridgehead atoms. The van der Waals surface area contributed by atoms with Gasteiger partial charge in [-0.2, -0.15) is 0 Å². The molecule has 1 aromatic rings. The number of benzene rings is 1. The van der Waals surface area contributed by atoms with Gasteiger partial charge in [-0.05, 0) is 44.2 Å². The van der Waals surface area contributed by atoms with Crippen LogP contribution in [0.3, 0.4) is 0 Å². The predicted molar refractivity (Wildman–Crippen MR) is 51.5 cm³/mol. The van der Waals surface area contributed by atoms with Gasteiger partial charge in [-0.25, -0.2) is 0 Å². The maximum absolute atomic E-state index is 9.21. The summed E-state index contributed by atoms with van der Waals surface area (Å²) in [7, 11) is 14.5. The van der Waals surface area contributed by atoms with E-state index in [-0.39, 0.29) is 5.75 Å². The maximum Gasteiger partial charge on any atom is 0.130 e. The Kier molecular flexibility index (Phi) is 2.81. The predicted octanol–water partition coefficient (Wildman–Crippen LogP) is 4.02. The quantitative estimate of drug-likeness (QED) is 0.774. The number of hydrogen-bond acceptors (Lipinski definition) is 1. The van der Waals surface area contributed by atoms with Crippen molar-refractivity contribution in [1.29, 1.82) is 0 Å². The Morgan fingerprint density at radius 1 is 1.09 bits per heavy atom. The topological polar surface area (TPSA) is 20.2 Å². The van der Waals surface area contributed by atoms with Crippen molar-refractivity contribution >= 4 is 39.7 Å². The zero-order chi connectivity index (χ0) is 8.48. The Morgan fingerprint density at radius 2 is 1.64 bits per heavy atom. The molecule has 1 N–H and O–H groups in total. The highest BCUT2D eigenvalue weighted by Crippen LogP contribution is 2.71. The summed E-state index contributed by atoms with van der Waals surface area (Å²) in [6.45, 7) is 0. The van der Waals surface area contributed by atoms with Crippen LogP contribution < -0.4 is 0 Å². The van der Waals surface area contributed by atoms with Gasteiger partial charge in [0.25, 0.3) is 0 Å². The molecule has 0 saturated carbocycles. The lowest BCUT2D eigenvalue weighted by molar-refractivity contribution is 0.462. The molecule has 0 unspecified atom stereocenters. The fourth-order valence-electron chi connectivity index (χ4n) is 0.653. The highest BCUT2D eigenvalue weighted by Gasteiger charge is 2.19. The maximum atomic E-state index is 9.21. The number of phenolic OH excluding ortho intramolecular Hbond substituents is 1. The summed E-state index contributed by atoms with van der Waals surface area (Å²) < 4.78 is 0. The summed E-state index contributed by atoms with van der Waals surface area (Å²) in [5.74, 6) is 0.0301. The van der Waals surface area contributed by atoms with Crippen molar-refractivity contribution < 1.29 is 5.11 Å². The highest BCUT2D eigenvalue weighted by atomic mass is 36.2. The zero-order valence-electron chi connectivity index (χ0n) is 5.30. The molecule has 1 nitrogen and oxygen atoms in total. The van der Waals surface area contributed by atoms with Crippen LogP contribution in [0.1, 0.15) is 0 Å². The molecule has 0 aliphatic heterocycles. The number of hydrogen-bond donors (Lipinski definition) is 1. The number of aromatic hydroxyl groups is 1. The van der Waals surface area contributed by atoms with Crippen LogP contribution in [0.25, 0.3) is 0 Å². The lowest BCUT2D eigenvalue weighted by atomic mass is 10.3. The fourth-order valence-corrected chi connectivity index (χ4v) is 2.37. The molecular weight excluding hydrogens is 226 g/mol. The monoisotopic (exact) mass is 230 g/mol. The first-order valence-corrected chi connectivity index (χ1v) is 6.83. The molecule has 0 aliphatic carbocycles. The lowest BCUT2D eigenvalue weighted by Crippen LogP contribution is -1.76. The van der Waals surface area contributed by atoms with Crippen LogP contribution in [0.4, 0.5) is 0 Å². The third-order valence-electron chi connectivity index (χ3n) is 1.11. The summed E-state index contributed by atoms with van der Waals surface area (Å²) in [4.78, 5) is 0.380. The molecule has 0 fully saturated rings. The van der Waals surface area contributed by atoms with Crippen LogP contribution in [-0.4, -0.2) is 5.11 Å². The number of halogens is 3. The van der Waals surface area contributed by atoms with Crippen molar-refractivity contribution in [3.8, 4) is 5.75 Å². The van der Waals surface area contributed by atoms with Crippen molar-refractivity contribution in [2.24, 2.45) is 0 Å². The van der Waals surface area contributed by atoms with Crippen LogP contribution in [0, 0.1) is 0 Å². The summed E-state index contributed by atoms with van der Waals surface area (Å²) in [5.41, 5.74) is 0. The van der Waals surface area contributed by atoms with Gasteiger partial charge in [0.1, 0.15) is 5.75 Å². The summed E-state index contributed by atoms with van der Waals surface area (Å²) >= 11 is 0. The van der Waals surface area contributed by atoms with Gasteiger partial charge < -0.3 is 5.11 Å². The van der Waals surface area contributed by atoms with Crippen molar-refractivity contribution in [2.75, 3.05) is 0 Å². The Bertz CT molecular complexity index is 258. The molecule has 0 amide bonds. The van der Waals surface area contributed by atoms with Crippen LogP contribution in [-0.2, 0) is 0 Å². The minimum Gasteiger partial charge on any atom is -0.507 e. The zero-order valence-corrected chi connectivity index (χ0v) is 8.38. The smallest absolute Gasteiger partial charge is 0.130 e. The van der Waals surface area contributed by atoms with Crippen molar-refractivity contribution in [3.05, 3.63) is 24.3 Å². The largest absolute Gasteiger partial charge is 0.507 e. The molecule has 0 aliphatic rings. The Balaban J connectivity index is 3.14. The minimum absolute atomic E-state index is 0.0301. The van der Waals surface area contributed by atoms with Gasteiger partial charge in [0.2, 0.25) is 0 Å². The van der Waals surface area contributed by atoms with E-state index in [1.807, 2.05) is 0 Å². The van der Waals surface area contributed by atoms with E-state index in [4.69, 9.17) is 32.0 Å². The molecule has 0 radical (unpaired) electrons. The molecule has 0 aromatic heterocycles. The van der Waals surface area contributed by atoms with E-state index < -0.39 is 7.67 Å². The first-order chi connectivity index (χ1) is 5.02. The van der Waals surface area contributed by atoms with Crippen LogP contribution in [0.5, 0.6) is 5.75 Å². The van der Waals surface area contributed by atoms with E-state index in [0.717, 1.165) is 0 Å². The second kappa shape index (κ2) is 3.31. The Labute approximate surface area is 79.7 Å². The van der Waals surface area contributed by atoms with Gasteiger partial charge in [-0.1, -0.05) is 12.1 Å². The lowest BCUT2D eigenvalue weighted by Gasteiger charge is -2.16. The highest BCUT2D eigenvalue weighted by molar-refractivity contribution is 8.79. The summed E-state index contributed by atoms with van der Waals surface area (Å²) in [5, 5.41) is 9.21. The Morgan fingerprint density at radius 3 is 2.00 bits per heavy atom. The molecular formula is C6H5Cl3OS. The van der Waals surface area contributed by atoms with Crippen LogP contribution >= 0.6 is 39.7 Å². The molecule has 5 heteroatoms. The molecule has 0 spiro atoms. The van der Waals surface area contributed by atoms with Crippen molar-refractivity contribution in [1.82, 2.24) is 0 Å². The summed E-state index contributed by atoms with van der Waals surface area (Å²) in [6, 6.07) is 6.47. The Hall–Kier alpha value is 0.240. The molecule has 1 aromatic carbocycles. The minimum atomic E-state index is -2.37. The van der Waals surface area contributed by atoms with Crippen molar-refractivity contribution in [3.63, 3.8) is 0 Å². The average Bonchev–Trinajstić information content (AvgIpc) is 1.86. The van der Waals surface area contributed by atoms with Gasteiger partial charge in [0.05, 0.1) is 4.90 Å². The molecule has 62 valence electrons. The molecule has 1 rings (SSSR count). The van der Waals surface area contributed by atoms with Crippen LogP contribution in [0.15, 0.2) is 29.2 Å². The second-order valence-corrected chi connectivity index (χ2v) is 8.71. The SMILES string of the molecule is Oc1ccccc1S(Cl)(Cl)Cl. The standard InChI is InChI=1S/C6H5Cl3OS/c7-11(8,9)6-4-2-1-3-5(6)10/h1-4,10H. The molecule has 0 heterocycles. The van der Waals surface area contributed by atoms with Gasteiger partial charge in [-0.15, -0.1) is 0 Å². The second-order valence-electron chi connectivity index (χ2n) is 1.87. The van der Waals surface area contributed by atoms with E-state index in [2.05, 4.69) is 0 Å². The van der Waals surface area contributed by atoms with E-state index in [1.54, 1.807) is 18.2 Å². The summed E-state index contributed by atoms with van der Waals surface area (Å²) in [6.07, 6.45) is 0. The molecule has 11 heavy (non-hydrogen) atoms. The third-order valence-corrected chi connectivity index (χ3v) is 3.45. The fraction of sp³-hybridized carbons (Fsp3) is 0. The van der Waals surface area contributed by atoms with Gasteiger partial charge in [0, 0.05) is 7.67 Å². The molecule has 0 saturated heterocycles. The van der Waals surface area contributed by atoms with Crippen LogP contribution in [0.2, 0.25) is 0 Å².